The van der Waals surface area contributed by atoms with Gasteiger partial charge in [-0.25, -0.2) is 4.98 Å². The van der Waals surface area contributed by atoms with E-state index in [9.17, 15) is 0 Å². The van der Waals surface area contributed by atoms with Crippen molar-refractivity contribution in [2.75, 3.05) is 0 Å². The second kappa shape index (κ2) is 8.57. The van der Waals surface area contributed by atoms with Gasteiger partial charge < -0.3 is 4.57 Å². The van der Waals surface area contributed by atoms with Crippen LogP contribution in [0.4, 0.5) is 0 Å². The van der Waals surface area contributed by atoms with E-state index in [1.807, 2.05) is 51.7 Å². The number of rotatable bonds is 1. The summed E-state index contributed by atoms with van der Waals surface area (Å²) in [7, 11) is 0. The van der Waals surface area contributed by atoms with Crippen LogP contribution in [0.3, 0.4) is 0 Å². The van der Waals surface area contributed by atoms with E-state index in [-0.39, 0.29) is 0 Å². The van der Waals surface area contributed by atoms with Crippen molar-refractivity contribution in [1.29, 1.82) is 0 Å². The highest BCUT2D eigenvalue weighted by molar-refractivity contribution is 5.34. The monoisotopic (exact) mass is 232 g/mol. The Morgan fingerprint density at radius 1 is 0.882 bits per heavy atom. The Labute approximate surface area is 105 Å². The highest BCUT2D eigenvalue weighted by Crippen LogP contribution is 2.09. The third kappa shape index (κ3) is 4.85. The third-order valence-electron chi connectivity index (χ3n) is 2.04. The number of aromatic nitrogens is 2. The standard InChI is InChI=1S/C11H12N2.2C2H6/c1-9-3-5-11(6-4-9)13-7-10(2)12-8-13;2*1-2/h3-8H,1-2H3;2*1-2H3. The molecule has 0 spiro atoms. The first-order valence-electron chi connectivity index (χ1n) is 6.33. The lowest BCUT2D eigenvalue weighted by molar-refractivity contribution is 1.05. The van der Waals surface area contributed by atoms with Crippen LogP contribution in [-0.2, 0) is 0 Å². The van der Waals surface area contributed by atoms with Crippen LogP contribution in [-0.4, -0.2) is 9.55 Å². The number of hydrogen-bond acceptors (Lipinski definition) is 1. The molecule has 0 amide bonds. The number of imidazole rings is 1. The lowest BCUT2D eigenvalue weighted by Crippen LogP contribution is -1.88. The van der Waals surface area contributed by atoms with Gasteiger partial charge >= 0.3 is 0 Å². The van der Waals surface area contributed by atoms with E-state index < -0.39 is 0 Å². The Morgan fingerprint density at radius 2 is 1.41 bits per heavy atom. The first-order chi connectivity index (χ1) is 8.25. The van der Waals surface area contributed by atoms with Crippen LogP contribution < -0.4 is 0 Å². The highest BCUT2D eigenvalue weighted by atomic mass is 15.0. The summed E-state index contributed by atoms with van der Waals surface area (Å²) >= 11 is 0. The summed E-state index contributed by atoms with van der Waals surface area (Å²) in [5.74, 6) is 0. The molecule has 0 N–H and O–H groups in total. The van der Waals surface area contributed by atoms with Crippen LogP contribution in [0, 0.1) is 13.8 Å². The average Bonchev–Trinajstić information content (AvgIpc) is 2.82. The maximum atomic E-state index is 4.18. The van der Waals surface area contributed by atoms with Gasteiger partial charge in [0.25, 0.3) is 0 Å². The predicted octanol–water partition coefficient (Wildman–Crippen LogP) is 4.54. The molecule has 2 nitrogen and oxygen atoms in total. The topological polar surface area (TPSA) is 17.8 Å². The minimum Gasteiger partial charge on any atom is -0.306 e. The molecule has 2 rings (SSSR count). The molecule has 2 heteroatoms. The molecule has 94 valence electrons. The van der Waals surface area contributed by atoms with Crippen molar-refractivity contribution in [3.05, 3.63) is 48.0 Å². The molecule has 0 saturated heterocycles. The Morgan fingerprint density at radius 3 is 1.82 bits per heavy atom. The van der Waals surface area contributed by atoms with E-state index in [1.165, 1.54) is 5.56 Å². The molecule has 0 saturated carbocycles. The maximum Gasteiger partial charge on any atom is 0.0995 e. The molecule has 0 fully saturated rings. The summed E-state index contributed by atoms with van der Waals surface area (Å²) < 4.78 is 2.02. The fourth-order valence-corrected chi connectivity index (χ4v) is 1.28. The zero-order chi connectivity index (χ0) is 13.3. The molecule has 0 bridgehead atoms. The first kappa shape index (κ1) is 15.4. The van der Waals surface area contributed by atoms with Gasteiger partial charge in [0, 0.05) is 11.9 Å². The van der Waals surface area contributed by atoms with Crippen LogP contribution in [0.15, 0.2) is 36.8 Å². The summed E-state index contributed by atoms with van der Waals surface area (Å²) in [5, 5.41) is 0. The summed E-state index contributed by atoms with van der Waals surface area (Å²) in [6, 6.07) is 8.39. The Balaban J connectivity index is 0.000000581. The number of hydrogen-bond donors (Lipinski definition) is 0. The molecule has 0 aliphatic heterocycles. The van der Waals surface area contributed by atoms with Gasteiger partial charge in [0.05, 0.1) is 12.0 Å². The second-order valence-corrected chi connectivity index (χ2v) is 3.26. The molecule has 0 atom stereocenters. The summed E-state index contributed by atoms with van der Waals surface area (Å²) in [6.45, 7) is 12.1. The van der Waals surface area contributed by atoms with Gasteiger partial charge in [0.2, 0.25) is 0 Å². The third-order valence-corrected chi connectivity index (χ3v) is 2.04. The highest BCUT2D eigenvalue weighted by Gasteiger charge is 1.95. The van der Waals surface area contributed by atoms with Crippen molar-refractivity contribution in [1.82, 2.24) is 9.55 Å². The van der Waals surface area contributed by atoms with Crippen molar-refractivity contribution < 1.29 is 0 Å². The summed E-state index contributed by atoms with van der Waals surface area (Å²) in [5.41, 5.74) is 3.48. The van der Waals surface area contributed by atoms with Crippen molar-refractivity contribution >= 4 is 0 Å². The average molecular weight is 232 g/mol. The van der Waals surface area contributed by atoms with Gasteiger partial charge in [0.1, 0.15) is 0 Å². The predicted molar refractivity (Wildman–Crippen MR) is 75.7 cm³/mol. The minimum absolute atomic E-state index is 1.04. The molecule has 1 aromatic carbocycles. The molecule has 1 heterocycles. The van der Waals surface area contributed by atoms with E-state index in [4.69, 9.17) is 0 Å². The molecule has 17 heavy (non-hydrogen) atoms. The van der Waals surface area contributed by atoms with E-state index in [2.05, 4.69) is 36.2 Å². The van der Waals surface area contributed by atoms with Crippen molar-refractivity contribution in [3.8, 4) is 5.69 Å². The smallest absolute Gasteiger partial charge is 0.0995 e. The molecule has 0 aliphatic rings. The van der Waals surface area contributed by atoms with Gasteiger partial charge in [-0.2, -0.15) is 0 Å². The van der Waals surface area contributed by atoms with Gasteiger partial charge in [-0.3, -0.25) is 0 Å². The number of nitrogens with zero attached hydrogens (tertiary/aromatic N) is 2. The van der Waals surface area contributed by atoms with Crippen LogP contribution in [0.2, 0.25) is 0 Å². The molecule has 2 aromatic rings. The minimum atomic E-state index is 1.04. The van der Waals surface area contributed by atoms with Crippen LogP contribution in [0.5, 0.6) is 0 Å². The second-order valence-electron chi connectivity index (χ2n) is 3.26. The zero-order valence-electron chi connectivity index (χ0n) is 11.9. The maximum absolute atomic E-state index is 4.18. The Bertz CT molecular complexity index is 399. The fraction of sp³-hybridized carbons (Fsp3) is 0.400. The quantitative estimate of drug-likeness (QED) is 0.705. The number of aryl methyl sites for hydroxylation is 2. The molecule has 0 unspecified atom stereocenters. The van der Waals surface area contributed by atoms with Crippen LogP contribution >= 0.6 is 0 Å². The van der Waals surface area contributed by atoms with Crippen molar-refractivity contribution in [2.45, 2.75) is 41.5 Å². The Hall–Kier alpha value is -1.57. The Kier molecular flexibility index (Phi) is 7.78. The van der Waals surface area contributed by atoms with E-state index in [1.54, 1.807) is 0 Å². The summed E-state index contributed by atoms with van der Waals surface area (Å²) in [4.78, 5) is 4.18. The fourth-order valence-electron chi connectivity index (χ4n) is 1.28. The number of benzene rings is 1. The lowest BCUT2D eigenvalue weighted by Gasteiger charge is -2.01. The molecule has 0 radical (unpaired) electrons. The largest absolute Gasteiger partial charge is 0.306 e. The SMILES string of the molecule is CC.CC.Cc1ccc(-n2cnc(C)c2)cc1. The van der Waals surface area contributed by atoms with E-state index in [0.29, 0.717) is 0 Å². The molecular formula is C15H24N2. The molecule has 1 aromatic heterocycles. The zero-order valence-corrected chi connectivity index (χ0v) is 11.9. The summed E-state index contributed by atoms with van der Waals surface area (Å²) in [6.07, 6.45) is 3.85. The first-order valence-corrected chi connectivity index (χ1v) is 6.33. The lowest BCUT2D eigenvalue weighted by atomic mass is 10.2. The van der Waals surface area contributed by atoms with E-state index >= 15 is 0 Å². The van der Waals surface area contributed by atoms with Crippen LogP contribution in [0.1, 0.15) is 39.0 Å². The van der Waals surface area contributed by atoms with Crippen LogP contribution in [0.25, 0.3) is 5.69 Å². The van der Waals surface area contributed by atoms with Gasteiger partial charge in [0.15, 0.2) is 0 Å². The van der Waals surface area contributed by atoms with Gasteiger partial charge in [-0.1, -0.05) is 45.4 Å². The van der Waals surface area contributed by atoms with Crippen molar-refractivity contribution in [2.24, 2.45) is 0 Å². The molecule has 0 aliphatic carbocycles. The van der Waals surface area contributed by atoms with Gasteiger partial charge in [-0.15, -0.1) is 0 Å². The van der Waals surface area contributed by atoms with Gasteiger partial charge in [-0.05, 0) is 26.0 Å². The molecular weight excluding hydrogens is 208 g/mol. The van der Waals surface area contributed by atoms with Crippen molar-refractivity contribution in [3.63, 3.8) is 0 Å². The normalized spacial score (nSPS) is 8.59. The van der Waals surface area contributed by atoms with E-state index in [0.717, 1.165) is 11.4 Å².